The van der Waals surface area contributed by atoms with Gasteiger partial charge >= 0.3 is 0 Å². The van der Waals surface area contributed by atoms with Crippen molar-refractivity contribution in [2.24, 2.45) is 0 Å². The average Bonchev–Trinajstić information content (AvgIpc) is 2.87. The van der Waals surface area contributed by atoms with Crippen molar-refractivity contribution in [2.75, 3.05) is 0 Å². The van der Waals surface area contributed by atoms with E-state index in [0.717, 1.165) is 6.42 Å². The molecule has 0 spiro atoms. The van der Waals surface area contributed by atoms with Gasteiger partial charge < -0.3 is 0 Å². The predicted octanol–water partition coefficient (Wildman–Crippen LogP) is 9.04. The number of fused-ring (bicyclic) bond motifs is 3. The second-order valence-corrected chi connectivity index (χ2v) is 8.55. The molecular formula is C32H24. The fourth-order valence-electron chi connectivity index (χ4n) is 4.81. The Bertz CT molecular complexity index is 1600. The van der Waals surface area contributed by atoms with Crippen LogP contribution in [-0.4, -0.2) is 0 Å². The molecule has 0 amide bonds. The molecule has 0 saturated heterocycles. The smallest absolute Gasteiger partial charge is 0.0145 e. The fourth-order valence-corrected chi connectivity index (χ4v) is 4.81. The van der Waals surface area contributed by atoms with Crippen LogP contribution in [0, 0.1) is 0 Å². The molecular weight excluding hydrogens is 384 g/mol. The van der Waals surface area contributed by atoms with E-state index in [1.165, 1.54) is 60.1 Å². The highest BCUT2D eigenvalue weighted by Crippen LogP contribution is 2.33. The first kappa shape index (κ1) is 18.8. The first-order valence-corrected chi connectivity index (χ1v) is 11.3. The second-order valence-electron chi connectivity index (χ2n) is 8.55. The Kier molecular flexibility index (Phi) is 4.51. The third-order valence-electron chi connectivity index (χ3n) is 6.59. The predicted molar refractivity (Wildman–Crippen MR) is 139 cm³/mol. The molecule has 0 atom stereocenters. The van der Waals surface area contributed by atoms with E-state index in [0.29, 0.717) is 0 Å². The lowest BCUT2D eigenvalue weighted by Gasteiger charge is -2.12. The summed E-state index contributed by atoms with van der Waals surface area (Å²) in [5.74, 6) is 0. The Morgan fingerprint density at radius 3 is 1.47 bits per heavy atom. The van der Waals surface area contributed by atoms with Crippen molar-refractivity contribution in [1.82, 2.24) is 0 Å². The maximum atomic E-state index is 2.37. The molecule has 6 aromatic carbocycles. The maximum absolute atomic E-state index is 2.37. The van der Waals surface area contributed by atoms with Crippen LogP contribution in [0.25, 0.3) is 54.6 Å². The normalized spacial score (nSPS) is 11.4. The number of hydrogen-bond acceptors (Lipinski definition) is 0. The van der Waals surface area contributed by atoms with Crippen LogP contribution >= 0.6 is 0 Å². The number of benzene rings is 6. The van der Waals surface area contributed by atoms with E-state index in [2.05, 4.69) is 122 Å². The van der Waals surface area contributed by atoms with Gasteiger partial charge in [-0.05, 0) is 90.8 Å². The molecule has 0 fully saturated rings. The van der Waals surface area contributed by atoms with Crippen molar-refractivity contribution in [3.05, 3.63) is 121 Å². The van der Waals surface area contributed by atoms with Gasteiger partial charge in [0.15, 0.2) is 0 Å². The summed E-state index contributed by atoms with van der Waals surface area (Å²) in [4.78, 5) is 0. The lowest BCUT2D eigenvalue weighted by molar-refractivity contribution is 1.16. The van der Waals surface area contributed by atoms with Gasteiger partial charge in [0.2, 0.25) is 0 Å². The van der Waals surface area contributed by atoms with Crippen molar-refractivity contribution in [2.45, 2.75) is 13.3 Å². The maximum Gasteiger partial charge on any atom is -0.0145 e. The van der Waals surface area contributed by atoms with E-state index in [4.69, 9.17) is 0 Å². The van der Waals surface area contributed by atoms with E-state index in [1.807, 2.05) is 0 Å². The first-order chi connectivity index (χ1) is 15.8. The Hall–Kier alpha value is -3.90. The average molecular weight is 409 g/mol. The minimum Gasteiger partial charge on any atom is -0.0616 e. The standard InChI is InChI=1S/C32H24/c1-2-22-17-31(28-14-12-24-8-4-6-10-26(24)19-28)20-30-16-15-29(21-32(22)30)27-13-11-23-7-3-5-9-25(23)18-27/h3-21H,2H2,1H3. The minimum absolute atomic E-state index is 1.01. The van der Waals surface area contributed by atoms with E-state index in [9.17, 15) is 0 Å². The van der Waals surface area contributed by atoms with Gasteiger partial charge in [0.1, 0.15) is 0 Å². The molecule has 0 nitrogen and oxygen atoms in total. The van der Waals surface area contributed by atoms with Crippen LogP contribution in [0.5, 0.6) is 0 Å². The lowest BCUT2D eigenvalue weighted by Crippen LogP contribution is -1.89. The van der Waals surface area contributed by atoms with Crippen molar-refractivity contribution in [1.29, 1.82) is 0 Å². The number of rotatable bonds is 3. The molecule has 0 aliphatic heterocycles. The SMILES string of the molecule is CCc1cc(-c2ccc3ccccc3c2)cc2ccc(-c3ccc4ccccc4c3)cc12. The Balaban J connectivity index is 1.48. The third kappa shape index (κ3) is 3.25. The minimum atomic E-state index is 1.01. The second kappa shape index (κ2) is 7.66. The summed E-state index contributed by atoms with van der Waals surface area (Å²) in [5, 5.41) is 7.79. The van der Waals surface area contributed by atoms with E-state index in [1.54, 1.807) is 0 Å². The molecule has 6 rings (SSSR count). The van der Waals surface area contributed by atoms with Gasteiger partial charge in [-0.25, -0.2) is 0 Å². The van der Waals surface area contributed by atoms with Crippen LogP contribution in [0.4, 0.5) is 0 Å². The van der Waals surface area contributed by atoms with Gasteiger partial charge in [-0.15, -0.1) is 0 Å². The monoisotopic (exact) mass is 408 g/mol. The molecule has 0 heteroatoms. The van der Waals surface area contributed by atoms with Gasteiger partial charge in [-0.3, -0.25) is 0 Å². The summed E-state index contributed by atoms with van der Waals surface area (Å²) in [5.41, 5.74) is 6.51. The highest BCUT2D eigenvalue weighted by molar-refractivity contribution is 5.96. The van der Waals surface area contributed by atoms with Gasteiger partial charge in [-0.1, -0.05) is 97.9 Å². The number of hydrogen-bond donors (Lipinski definition) is 0. The van der Waals surface area contributed by atoms with Crippen LogP contribution < -0.4 is 0 Å². The van der Waals surface area contributed by atoms with E-state index in [-0.39, 0.29) is 0 Å². The summed E-state index contributed by atoms with van der Waals surface area (Å²) in [7, 11) is 0. The summed E-state index contributed by atoms with van der Waals surface area (Å²) >= 11 is 0. The molecule has 152 valence electrons. The van der Waals surface area contributed by atoms with Crippen molar-refractivity contribution >= 4 is 32.3 Å². The molecule has 0 saturated carbocycles. The third-order valence-corrected chi connectivity index (χ3v) is 6.59. The molecule has 0 N–H and O–H groups in total. The van der Waals surface area contributed by atoms with Crippen molar-refractivity contribution in [3.63, 3.8) is 0 Å². The quantitative estimate of drug-likeness (QED) is 0.274. The largest absolute Gasteiger partial charge is 0.0616 e. The lowest BCUT2D eigenvalue weighted by atomic mass is 9.92. The van der Waals surface area contributed by atoms with Crippen LogP contribution in [0.15, 0.2) is 115 Å². The van der Waals surface area contributed by atoms with Crippen molar-refractivity contribution < 1.29 is 0 Å². The molecule has 0 aliphatic rings. The highest BCUT2D eigenvalue weighted by atomic mass is 14.1. The van der Waals surface area contributed by atoms with Crippen molar-refractivity contribution in [3.8, 4) is 22.3 Å². The molecule has 0 bridgehead atoms. The number of aryl methyl sites for hydroxylation is 1. The molecule has 0 unspecified atom stereocenters. The molecule has 0 aromatic heterocycles. The molecule has 0 aliphatic carbocycles. The molecule has 0 radical (unpaired) electrons. The zero-order valence-corrected chi connectivity index (χ0v) is 18.2. The van der Waals surface area contributed by atoms with Gasteiger partial charge in [-0.2, -0.15) is 0 Å². The Morgan fingerprint density at radius 2 is 0.875 bits per heavy atom. The molecule has 6 aromatic rings. The van der Waals surface area contributed by atoms with E-state index >= 15 is 0 Å². The first-order valence-electron chi connectivity index (χ1n) is 11.3. The van der Waals surface area contributed by atoms with Crippen LogP contribution in [0.2, 0.25) is 0 Å². The van der Waals surface area contributed by atoms with Gasteiger partial charge in [0, 0.05) is 0 Å². The molecule has 32 heavy (non-hydrogen) atoms. The van der Waals surface area contributed by atoms with Gasteiger partial charge in [0.05, 0.1) is 0 Å². The molecule has 0 heterocycles. The van der Waals surface area contributed by atoms with Crippen LogP contribution in [0.1, 0.15) is 12.5 Å². The van der Waals surface area contributed by atoms with E-state index < -0.39 is 0 Å². The summed E-state index contributed by atoms with van der Waals surface area (Å²) in [6.45, 7) is 2.25. The van der Waals surface area contributed by atoms with Crippen LogP contribution in [0.3, 0.4) is 0 Å². The zero-order chi connectivity index (χ0) is 21.5. The fraction of sp³-hybridized carbons (Fsp3) is 0.0625. The summed E-state index contributed by atoms with van der Waals surface area (Å²) in [6.07, 6.45) is 1.01. The Morgan fingerprint density at radius 1 is 0.406 bits per heavy atom. The van der Waals surface area contributed by atoms with Crippen LogP contribution in [-0.2, 0) is 6.42 Å². The highest BCUT2D eigenvalue weighted by Gasteiger charge is 2.08. The topological polar surface area (TPSA) is 0 Å². The summed E-state index contributed by atoms with van der Waals surface area (Å²) < 4.78 is 0. The van der Waals surface area contributed by atoms with Gasteiger partial charge in [0.25, 0.3) is 0 Å². The Labute approximate surface area is 188 Å². The zero-order valence-electron chi connectivity index (χ0n) is 18.2. The summed E-state index contributed by atoms with van der Waals surface area (Å²) in [6, 6.07) is 42.3.